The van der Waals surface area contributed by atoms with Crippen LogP contribution in [0.4, 0.5) is 4.39 Å². The molecular formula is C27H31FN2O3. The fraction of sp³-hybridized carbons (Fsp3) is 0.333. The summed E-state index contributed by atoms with van der Waals surface area (Å²) < 4.78 is 21.0. The van der Waals surface area contributed by atoms with Gasteiger partial charge >= 0.3 is 5.97 Å². The van der Waals surface area contributed by atoms with Crippen LogP contribution in [0.3, 0.4) is 0 Å². The molecule has 0 radical (unpaired) electrons. The Kier molecular flexibility index (Phi) is 7.36. The average molecular weight is 451 g/mol. The molecule has 174 valence electrons. The van der Waals surface area contributed by atoms with Gasteiger partial charge in [-0.1, -0.05) is 57.2 Å². The van der Waals surface area contributed by atoms with Crippen LogP contribution in [-0.4, -0.2) is 23.1 Å². The van der Waals surface area contributed by atoms with Crippen LogP contribution in [0.2, 0.25) is 0 Å². The second-order valence-electron chi connectivity index (χ2n) is 9.37. The van der Waals surface area contributed by atoms with Gasteiger partial charge in [-0.3, -0.25) is 9.59 Å². The highest BCUT2D eigenvalue weighted by molar-refractivity contribution is 5.80. The van der Waals surface area contributed by atoms with Crippen LogP contribution in [0.25, 0.3) is 11.1 Å². The summed E-state index contributed by atoms with van der Waals surface area (Å²) in [4.78, 5) is 23.7. The quantitative estimate of drug-likeness (QED) is 0.489. The predicted molar refractivity (Wildman–Crippen MR) is 127 cm³/mol. The normalized spacial score (nSPS) is 12.3. The minimum absolute atomic E-state index is 0.296. The molecule has 0 aliphatic carbocycles. The van der Waals surface area contributed by atoms with E-state index in [1.54, 1.807) is 6.07 Å². The minimum Gasteiger partial charge on any atom is -0.456 e. The summed E-state index contributed by atoms with van der Waals surface area (Å²) in [5.41, 5.74) is 4.30. The Balaban J connectivity index is 2.07. The molecule has 3 aromatic rings. The third kappa shape index (κ3) is 6.31. The summed E-state index contributed by atoms with van der Waals surface area (Å²) in [6, 6.07) is 16.4. The fourth-order valence-electron chi connectivity index (χ4n) is 3.84. The lowest BCUT2D eigenvalue weighted by Crippen LogP contribution is -2.39. The molecule has 0 bridgehead atoms. The van der Waals surface area contributed by atoms with Gasteiger partial charge in [-0.05, 0) is 47.2 Å². The number of halogens is 1. The smallest absolute Gasteiger partial charge is 0.303 e. The lowest BCUT2D eigenvalue weighted by atomic mass is 9.84. The summed E-state index contributed by atoms with van der Waals surface area (Å²) >= 11 is 0. The molecule has 0 fully saturated rings. The predicted octanol–water partition coefficient (Wildman–Crippen LogP) is 5.42. The van der Waals surface area contributed by atoms with Crippen LogP contribution in [0.5, 0.6) is 0 Å². The van der Waals surface area contributed by atoms with Gasteiger partial charge in [-0.2, -0.15) is 0 Å². The van der Waals surface area contributed by atoms with Crippen molar-refractivity contribution in [1.29, 1.82) is 0 Å². The largest absolute Gasteiger partial charge is 0.456 e. The second-order valence-corrected chi connectivity index (χ2v) is 9.37. The number of esters is 1. The third-order valence-electron chi connectivity index (χ3n) is 5.51. The number of rotatable bonds is 7. The average Bonchev–Trinajstić information content (AvgIpc) is 3.15. The molecule has 1 heterocycles. The first-order valence-corrected chi connectivity index (χ1v) is 11.0. The number of carbonyl (C=O) groups excluding carboxylic acids is 2. The molecule has 6 heteroatoms. The SMILES string of the molecule is CC(=O)OCC(=O)N[C@@H](c1cc(-c2cc(F)ccc2C)cn1Cc1ccccc1)C(C)(C)C. The van der Waals surface area contributed by atoms with E-state index in [-0.39, 0.29) is 29.8 Å². The fourth-order valence-corrected chi connectivity index (χ4v) is 3.84. The second kappa shape index (κ2) is 10.0. The Morgan fingerprint density at radius 3 is 2.42 bits per heavy atom. The van der Waals surface area contributed by atoms with Gasteiger partial charge in [0.1, 0.15) is 5.82 Å². The van der Waals surface area contributed by atoms with E-state index in [4.69, 9.17) is 4.74 Å². The molecule has 1 aromatic heterocycles. The molecular weight excluding hydrogens is 419 g/mol. The van der Waals surface area contributed by atoms with Crippen molar-refractivity contribution in [3.8, 4) is 11.1 Å². The molecule has 2 aromatic carbocycles. The van der Waals surface area contributed by atoms with E-state index in [1.165, 1.54) is 19.1 Å². The Morgan fingerprint density at radius 2 is 1.79 bits per heavy atom. The highest BCUT2D eigenvalue weighted by Crippen LogP contribution is 2.37. The monoisotopic (exact) mass is 450 g/mol. The molecule has 33 heavy (non-hydrogen) atoms. The van der Waals surface area contributed by atoms with Crippen molar-refractivity contribution in [1.82, 2.24) is 9.88 Å². The number of nitrogens with zero attached hydrogens (tertiary/aromatic N) is 1. The van der Waals surface area contributed by atoms with Gasteiger partial charge < -0.3 is 14.6 Å². The number of hydrogen-bond donors (Lipinski definition) is 1. The molecule has 0 aliphatic heterocycles. The van der Waals surface area contributed by atoms with E-state index in [0.717, 1.165) is 27.9 Å². The summed E-state index contributed by atoms with van der Waals surface area (Å²) in [6.07, 6.45) is 2.00. The molecule has 1 amide bonds. The van der Waals surface area contributed by atoms with Crippen LogP contribution in [0.1, 0.15) is 50.6 Å². The molecule has 5 nitrogen and oxygen atoms in total. The zero-order valence-electron chi connectivity index (χ0n) is 19.8. The van der Waals surface area contributed by atoms with Crippen LogP contribution in [0, 0.1) is 18.2 Å². The van der Waals surface area contributed by atoms with E-state index >= 15 is 0 Å². The third-order valence-corrected chi connectivity index (χ3v) is 5.51. The molecule has 0 saturated carbocycles. The summed E-state index contributed by atoms with van der Waals surface area (Å²) in [5.74, 6) is -1.18. The molecule has 3 rings (SSSR count). The Hall–Kier alpha value is -3.41. The Bertz CT molecular complexity index is 1130. The van der Waals surface area contributed by atoms with Crippen molar-refractivity contribution in [2.45, 2.75) is 47.2 Å². The number of amides is 1. The van der Waals surface area contributed by atoms with Crippen molar-refractivity contribution in [2.24, 2.45) is 5.41 Å². The molecule has 1 atom stereocenters. The number of carbonyl (C=O) groups is 2. The highest BCUT2D eigenvalue weighted by atomic mass is 19.1. The first kappa shape index (κ1) is 24.2. The van der Waals surface area contributed by atoms with Gasteiger partial charge in [0.25, 0.3) is 5.91 Å². The number of aryl methyl sites for hydroxylation is 1. The Morgan fingerprint density at radius 1 is 1.09 bits per heavy atom. The zero-order valence-corrected chi connectivity index (χ0v) is 19.8. The van der Waals surface area contributed by atoms with Crippen molar-refractivity contribution < 1.29 is 18.7 Å². The highest BCUT2D eigenvalue weighted by Gasteiger charge is 2.31. The topological polar surface area (TPSA) is 60.3 Å². The van der Waals surface area contributed by atoms with E-state index in [0.29, 0.717) is 6.54 Å². The van der Waals surface area contributed by atoms with Crippen molar-refractivity contribution >= 4 is 11.9 Å². The van der Waals surface area contributed by atoms with E-state index in [9.17, 15) is 14.0 Å². The van der Waals surface area contributed by atoms with Gasteiger partial charge in [-0.25, -0.2) is 4.39 Å². The van der Waals surface area contributed by atoms with Crippen molar-refractivity contribution in [3.05, 3.63) is 83.4 Å². The number of hydrogen-bond acceptors (Lipinski definition) is 3. The van der Waals surface area contributed by atoms with Gasteiger partial charge in [0.15, 0.2) is 6.61 Å². The molecule has 0 saturated heterocycles. The maximum absolute atomic E-state index is 14.1. The Labute approximate surface area is 194 Å². The summed E-state index contributed by atoms with van der Waals surface area (Å²) in [7, 11) is 0. The first-order valence-electron chi connectivity index (χ1n) is 11.0. The van der Waals surface area contributed by atoms with Crippen molar-refractivity contribution in [2.75, 3.05) is 6.61 Å². The number of ether oxygens (including phenoxy) is 1. The number of aromatic nitrogens is 1. The molecule has 1 N–H and O–H groups in total. The van der Waals surface area contributed by atoms with Gasteiger partial charge in [0.05, 0.1) is 6.04 Å². The van der Waals surface area contributed by atoms with Gasteiger partial charge in [0.2, 0.25) is 0 Å². The lowest BCUT2D eigenvalue weighted by Gasteiger charge is -2.32. The van der Waals surface area contributed by atoms with E-state index < -0.39 is 5.97 Å². The lowest BCUT2D eigenvalue weighted by molar-refractivity contribution is -0.146. The summed E-state index contributed by atoms with van der Waals surface area (Å²) in [6.45, 7) is 9.59. The zero-order chi connectivity index (χ0) is 24.2. The van der Waals surface area contributed by atoms with Crippen LogP contribution in [-0.2, 0) is 20.9 Å². The standard InChI is InChI=1S/C27H31FN2O3/c1-18-11-12-22(28)14-23(18)21-13-24(30(16-21)15-20-9-7-6-8-10-20)26(27(3,4)5)29-25(32)17-33-19(2)31/h6-14,16,26H,15,17H2,1-5H3,(H,29,32)/t26-/m0/s1. The first-order chi connectivity index (χ1) is 15.5. The summed E-state index contributed by atoms with van der Waals surface area (Å²) in [5, 5.41) is 3.03. The van der Waals surface area contributed by atoms with Crippen LogP contribution < -0.4 is 5.32 Å². The van der Waals surface area contributed by atoms with E-state index in [1.807, 2.05) is 70.3 Å². The number of nitrogens with one attached hydrogen (secondary N) is 1. The molecule has 0 unspecified atom stereocenters. The van der Waals surface area contributed by atoms with Gasteiger partial charge in [0, 0.05) is 30.9 Å². The van der Waals surface area contributed by atoms with Crippen LogP contribution in [0.15, 0.2) is 60.8 Å². The van der Waals surface area contributed by atoms with Crippen LogP contribution >= 0.6 is 0 Å². The van der Waals surface area contributed by atoms with Gasteiger partial charge in [-0.15, -0.1) is 0 Å². The number of benzene rings is 2. The van der Waals surface area contributed by atoms with E-state index in [2.05, 4.69) is 9.88 Å². The minimum atomic E-state index is -0.506. The van der Waals surface area contributed by atoms with Crippen molar-refractivity contribution in [3.63, 3.8) is 0 Å². The maximum atomic E-state index is 14.1. The maximum Gasteiger partial charge on any atom is 0.303 e. The molecule has 0 aliphatic rings. The molecule has 0 spiro atoms.